The number of hydrogen-bond donors (Lipinski definition) is 1. The van der Waals surface area contributed by atoms with Crippen molar-refractivity contribution in [1.29, 1.82) is 0 Å². The SMILES string of the molecule is CCCCCCCCC(O)c1ccc(CCCC)cc1. The maximum atomic E-state index is 10.2. The van der Waals surface area contributed by atoms with Gasteiger partial charge < -0.3 is 5.11 Å². The van der Waals surface area contributed by atoms with Gasteiger partial charge in [0.25, 0.3) is 0 Å². The fourth-order valence-electron chi connectivity index (χ4n) is 2.57. The Morgan fingerprint density at radius 2 is 1.40 bits per heavy atom. The topological polar surface area (TPSA) is 20.2 Å². The van der Waals surface area contributed by atoms with Crippen LogP contribution in [0, 0.1) is 0 Å². The predicted molar refractivity (Wildman–Crippen MR) is 88.0 cm³/mol. The van der Waals surface area contributed by atoms with Crippen LogP contribution in [0.2, 0.25) is 0 Å². The van der Waals surface area contributed by atoms with E-state index in [-0.39, 0.29) is 6.10 Å². The van der Waals surface area contributed by atoms with E-state index in [2.05, 4.69) is 38.1 Å². The van der Waals surface area contributed by atoms with Gasteiger partial charge in [0.2, 0.25) is 0 Å². The third kappa shape index (κ3) is 7.09. The van der Waals surface area contributed by atoms with Crippen molar-refractivity contribution in [2.45, 2.75) is 84.2 Å². The summed E-state index contributed by atoms with van der Waals surface area (Å²) in [5.74, 6) is 0. The van der Waals surface area contributed by atoms with Crippen LogP contribution in [0.25, 0.3) is 0 Å². The van der Waals surface area contributed by atoms with Gasteiger partial charge in [-0.2, -0.15) is 0 Å². The molecule has 0 aliphatic rings. The van der Waals surface area contributed by atoms with Gasteiger partial charge in [-0.25, -0.2) is 0 Å². The van der Waals surface area contributed by atoms with E-state index in [1.165, 1.54) is 50.5 Å². The van der Waals surface area contributed by atoms with E-state index in [0.717, 1.165) is 24.8 Å². The second-order valence-electron chi connectivity index (χ2n) is 5.92. The number of aryl methyl sites for hydroxylation is 1. The monoisotopic (exact) mass is 276 g/mol. The molecule has 0 aliphatic heterocycles. The molecule has 0 saturated carbocycles. The smallest absolute Gasteiger partial charge is 0.0790 e. The van der Waals surface area contributed by atoms with Crippen molar-refractivity contribution in [2.24, 2.45) is 0 Å². The summed E-state index contributed by atoms with van der Waals surface area (Å²) in [6.45, 7) is 4.46. The fraction of sp³-hybridized carbons (Fsp3) is 0.684. The molecular formula is C19H32O. The van der Waals surface area contributed by atoms with Crippen molar-refractivity contribution in [1.82, 2.24) is 0 Å². The summed E-state index contributed by atoms with van der Waals surface area (Å²) in [7, 11) is 0. The van der Waals surface area contributed by atoms with Crippen LogP contribution in [0.1, 0.15) is 88.9 Å². The van der Waals surface area contributed by atoms with Crippen molar-refractivity contribution in [3.8, 4) is 0 Å². The molecule has 1 atom stereocenters. The van der Waals surface area contributed by atoms with E-state index in [4.69, 9.17) is 0 Å². The maximum absolute atomic E-state index is 10.2. The number of rotatable bonds is 11. The Bertz CT molecular complexity index is 328. The number of unbranched alkanes of at least 4 members (excludes halogenated alkanes) is 6. The summed E-state index contributed by atoms with van der Waals surface area (Å²) in [5, 5.41) is 10.2. The molecule has 20 heavy (non-hydrogen) atoms. The van der Waals surface area contributed by atoms with Crippen LogP contribution < -0.4 is 0 Å². The van der Waals surface area contributed by atoms with Crippen molar-refractivity contribution in [2.75, 3.05) is 0 Å². The molecule has 0 fully saturated rings. The number of aliphatic hydroxyl groups is 1. The molecule has 1 aromatic rings. The van der Waals surface area contributed by atoms with Crippen LogP contribution in [0.3, 0.4) is 0 Å². The largest absolute Gasteiger partial charge is 0.388 e. The summed E-state index contributed by atoms with van der Waals surface area (Å²) >= 11 is 0. The molecule has 0 heterocycles. The van der Waals surface area contributed by atoms with Gasteiger partial charge in [0.1, 0.15) is 0 Å². The minimum absolute atomic E-state index is 0.276. The van der Waals surface area contributed by atoms with Crippen LogP contribution in [-0.2, 0) is 6.42 Å². The Morgan fingerprint density at radius 1 is 0.800 bits per heavy atom. The second-order valence-corrected chi connectivity index (χ2v) is 5.92. The lowest BCUT2D eigenvalue weighted by molar-refractivity contribution is 0.163. The summed E-state index contributed by atoms with van der Waals surface area (Å²) in [4.78, 5) is 0. The first-order valence-corrected chi connectivity index (χ1v) is 8.54. The van der Waals surface area contributed by atoms with Crippen LogP contribution in [0.5, 0.6) is 0 Å². The van der Waals surface area contributed by atoms with E-state index in [1.807, 2.05) is 0 Å². The average molecular weight is 276 g/mol. The minimum atomic E-state index is -0.276. The van der Waals surface area contributed by atoms with Gasteiger partial charge in [-0.1, -0.05) is 83.1 Å². The highest BCUT2D eigenvalue weighted by Gasteiger charge is 2.06. The molecule has 0 saturated heterocycles. The first-order chi connectivity index (χ1) is 9.77. The zero-order chi connectivity index (χ0) is 14.6. The Kier molecular flexibility index (Phi) is 9.40. The normalized spacial score (nSPS) is 12.6. The molecule has 1 N–H and O–H groups in total. The van der Waals surface area contributed by atoms with Crippen molar-refractivity contribution < 1.29 is 5.11 Å². The summed E-state index contributed by atoms with van der Waals surface area (Å²) in [6, 6.07) is 8.56. The predicted octanol–water partition coefficient (Wildman–Crippen LogP) is 5.81. The molecule has 1 aromatic carbocycles. The molecule has 1 nitrogen and oxygen atoms in total. The van der Waals surface area contributed by atoms with E-state index in [1.54, 1.807) is 0 Å². The first-order valence-electron chi connectivity index (χ1n) is 8.54. The van der Waals surface area contributed by atoms with E-state index < -0.39 is 0 Å². The lowest BCUT2D eigenvalue weighted by atomic mass is 9.99. The van der Waals surface area contributed by atoms with Crippen LogP contribution in [0.4, 0.5) is 0 Å². The minimum Gasteiger partial charge on any atom is -0.388 e. The number of hydrogen-bond acceptors (Lipinski definition) is 1. The quantitative estimate of drug-likeness (QED) is 0.505. The van der Waals surface area contributed by atoms with Gasteiger partial charge in [0.15, 0.2) is 0 Å². The standard InChI is InChI=1S/C19H32O/c1-3-5-7-8-9-10-12-19(20)18-15-13-17(14-16-18)11-6-4-2/h13-16,19-20H,3-12H2,1-2H3. The third-order valence-corrected chi connectivity index (χ3v) is 4.01. The van der Waals surface area contributed by atoms with Gasteiger partial charge in [-0.05, 0) is 30.4 Å². The summed E-state index contributed by atoms with van der Waals surface area (Å²) in [5.41, 5.74) is 2.47. The number of aliphatic hydroxyl groups excluding tert-OH is 1. The summed E-state index contributed by atoms with van der Waals surface area (Å²) < 4.78 is 0. The zero-order valence-electron chi connectivity index (χ0n) is 13.4. The molecule has 0 radical (unpaired) electrons. The first kappa shape index (κ1) is 17.2. The third-order valence-electron chi connectivity index (χ3n) is 4.01. The molecule has 0 aromatic heterocycles. The highest BCUT2D eigenvalue weighted by atomic mass is 16.3. The van der Waals surface area contributed by atoms with Gasteiger partial charge in [-0.15, -0.1) is 0 Å². The fourth-order valence-corrected chi connectivity index (χ4v) is 2.57. The molecule has 1 rings (SSSR count). The van der Waals surface area contributed by atoms with Gasteiger partial charge in [-0.3, -0.25) is 0 Å². The summed E-state index contributed by atoms with van der Waals surface area (Å²) in [6.07, 6.45) is 12.0. The Hall–Kier alpha value is -0.820. The second kappa shape index (κ2) is 10.9. The van der Waals surface area contributed by atoms with Crippen LogP contribution >= 0.6 is 0 Å². The van der Waals surface area contributed by atoms with Crippen LogP contribution in [-0.4, -0.2) is 5.11 Å². The lowest BCUT2D eigenvalue weighted by Gasteiger charge is -2.11. The Labute approximate surface area is 125 Å². The van der Waals surface area contributed by atoms with Crippen molar-refractivity contribution in [3.63, 3.8) is 0 Å². The molecule has 1 unspecified atom stereocenters. The van der Waals surface area contributed by atoms with E-state index >= 15 is 0 Å². The Balaban J connectivity index is 2.23. The molecular weight excluding hydrogens is 244 g/mol. The zero-order valence-corrected chi connectivity index (χ0v) is 13.4. The van der Waals surface area contributed by atoms with E-state index in [0.29, 0.717) is 0 Å². The van der Waals surface area contributed by atoms with Gasteiger partial charge in [0.05, 0.1) is 6.10 Å². The molecule has 0 aliphatic carbocycles. The molecule has 0 spiro atoms. The lowest BCUT2D eigenvalue weighted by Crippen LogP contribution is -1.98. The maximum Gasteiger partial charge on any atom is 0.0790 e. The molecule has 1 heteroatoms. The highest BCUT2D eigenvalue weighted by Crippen LogP contribution is 2.21. The average Bonchev–Trinajstić information content (AvgIpc) is 2.49. The van der Waals surface area contributed by atoms with Crippen molar-refractivity contribution >= 4 is 0 Å². The molecule has 114 valence electrons. The van der Waals surface area contributed by atoms with Crippen LogP contribution in [0.15, 0.2) is 24.3 Å². The Morgan fingerprint density at radius 3 is 2.05 bits per heavy atom. The highest BCUT2D eigenvalue weighted by molar-refractivity contribution is 5.24. The van der Waals surface area contributed by atoms with Gasteiger partial charge >= 0.3 is 0 Å². The van der Waals surface area contributed by atoms with E-state index in [9.17, 15) is 5.11 Å². The molecule has 0 bridgehead atoms. The van der Waals surface area contributed by atoms with Gasteiger partial charge in [0, 0.05) is 0 Å². The molecule has 0 amide bonds. The van der Waals surface area contributed by atoms with Crippen molar-refractivity contribution in [3.05, 3.63) is 35.4 Å². The number of benzene rings is 1.